The molecule has 28 heavy (non-hydrogen) atoms. The normalized spacial score (nSPS) is 11.2. The van der Waals surface area contributed by atoms with Crippen molar-refractivity contribution >= 4 is 21.9 Å². The number of ether oxygens (including phenoxy) is 1. The molecular weight excluding hydrogens is 357 g/mol. The van der Waals surface area contributed by atoms with Crippen molar-refractivity contribution < 1.29 is 9.13 Å². The first kappa shape index (κ1) is 16.3. The molecule has 3 heterocycles. The molecule has 0 saturated carbocycles. The van der Waals surface area contributed by atoms with Gasteiger partial charge in [-0.15, -0.1) is 0 Å². The maximum atomic E-state index is 13.2. The van der Waals surface area contributed by atoms with E-state index >= 15 is 0 Å². The van der Waals surface area contributed by atoms with Crippen LogP contribution in [0.1, 0.15) is 5.56 Å². The van der Waals surface area contributed by atoms with Gasteiger partial charge in [0.2, 0.25) is 5.88 Å². The van der Waals surface area contributed by atoms with Gasteiger partial charge >= 0.3 is 0 Å². The van der Waals surface area contributed by atoms with E-state index in [1.165, 1.54) is 18.5 Å². The average Bonchev–Trinajstić information content (AvgIpc) is 3.16. The quantitative estimate of drug-likeness (QED) is 0.464. The summed E-state index contributed by atoms with van der Waals surface area (Å²) in [5.41, 5.74) is 2.98. The molecule has 0 aliphatic heterocycles. The van der Waals surface area contributed by atoms with Crippen LogP contribution in [-0.4, -0.2) is 24.7 Å². The zero-order chi connectivity index (χ0) is 19.1. The first-order valence-electron chi connectivity index (χ1n) is 8.67. The summed E-state index contributed by atoms with van der Waals surface area (Å²) in [6, 6.07) is 13.9. The number of hydrogen-bond acceptors (Lipinski definition) is 5. The monoisotopic (exact) mass is 371 g/mol. The van der Waals surface area contributed by atoms with Crippen LogP contribution >= 0.6 is 0 Å². The molecule has 0 radical (unpaired) electrons. The van der Waals surface area contributed by atoms with Gasteiger partial charge in [0.15, 0.2) is 11.4 Å². The maximum Gasteiger partial charge on any atom is 0.233 e. The standard InChI is InChI=1S/C21H14FN5O/c1-13-4-5-14-3-2-10-23-18(14)19(13)28-21-17-11-26-27(20(17)24-12-25-21)16-8-6-15(22)7-9-16/h2-12H,1H3. The van der Waals surface area contributed by atoms with Gasteiger partial charge in [0.25, 0.3) is 0 Å². The summed E-state index contributed by atoms with van der Waals surface area (Å²) in [4.78, 5) is 13.1. The Kier molecular flexibility index (Phi) is 3.72. The Hall–Kier alpha value is -3.87. The Morgan fingerprint density at radius 3 is 2.68 bits per heavy atom. The van der Waals surface area contributed by atoms with E-state index < -0.39 is 0 Å². The molecule has 7 heteroatoms. The maximum absolute atomic E-state index is 13.2. The van der Waals surface area contributed by atoms with Crippen molar-refractivity contribution in [2.75, 3.05) is 0 Å². The predicted molar refractivity (Wildman–Crippen MR) is 103 cm³/mol. The van der Waals surface area contributed by atoms with Gasteiger partial charge in [-0.05, 0) is 42.8 Å². The zero-order valence-electron chi connectivity index (χ0n) is 14.9. The fourth-order valence-corrected chi connectivity index (χ4v) is 3.12. The van der Waals surface area contributed by atoms with Crippen molar-refractivity contribution in [3.63, 3.8) is 0 Å². The lowest BCUT2D eigenvalue weighted by molar-refractivity contribution is 0.469. The molecule has 5 rings (SSSR count). The third kappa shape index (κ3) is 2.64. The molecule has 5 aromatic rings. The minimum Gasteiger partial charge on any atom is -0.436 e. The SMILES string of the molecule is Cc1ccc2cccnc2c1Oc1ncnc2c1cnn2-c1ccc(F)cc1. The highest BCUT2D eigenvalue weighted by Gasteiger charge is 2.15. The highest BCUT2D eigenvalue weighted by molar-refractivity contribution is 5.87. The number of aryl methyl sites for hydroxylation is 1. The van der Waals surface area contributed by atoms with Crippen LogP contribution in [0.25, 0.3) is 27.6 Å². The summed E-state index contributed by atoms with van der Waals surface area (Å²) in [6.07, 6.45) is 4.80. The van der Waals surface area contributed by atoms with Gasteiger partial charge in [0, 0.05) is 11.6 Å². The molecule has 0 N–H and O–H groups in total. The molecular formula is C21H14FN5O. The zero-order valence-corrected chi connectivity index (χ0v) is 14.9. The Morgan fingerprint density at radius 2 is 1.82 bits per heavy atom. The van der Waals surface area contributed by atoms with Crippen LogP contribution in [0.3, 0.4) is 0 Å². The molecule has 2 aromatic carbocycles. The number of aromatic nitrogens is 5. The van der Waals surface area contributed by atoms with E-state index in [0.717, 1.165) is 16.5 Å². The molecule has 0 aliphatic carbocycles. The van der Waals surface area contributed by atoms with Crippen LogP contribution in [0, 0.1) is 12.7 Å². The molecule has 3 aromatic heterocycles. The fraction of sp³-hybridized carbons (Fsp3) is 0.0476. The average molecular weight is 371 g/mol. The van der Waals surface area contributed by atoms with E-state index in [-0.39, 0.29) is 5.82 Å². The third-order valence-electron chi connectivity index (χ3n) is 4.52. The second-order valence-electron chi connectivity index (χ2n) is 6.34. The van der Waals surface area contributed by atoms with Crippen molar-refractivity contribution in [2.45, 2.75) is 6.92 Å². The van der Waals surface area contributed by atoms with Crippen LogP contribution in [0.5, 0.6) is 11.6 Å². The van der Waals surface area contributed by atoms with Crippen molar-refractivity contribution in [2.24, 2.45) is 0 Å². The van der Waals surface area contributed by atoms with E-state index in [0.29, 0.717) is 28.4 Å². The van der Waals surface area contributed by atoms with Crippen molar-refractivity contribution in [1.29, 1.82) is 0 Å². The topological polar surface area (TPSA) is 65.7 Å². The highest BCUT2D eigenvalue weighted by atomic mass is 19.1. The van der Waals surface area contributed by atoms with Crippen molar-refractivity contribution in [1.82, 2.24) is 24.7 Å². The van der Waals surface area contributed by atoms with Crippen LogP contribution in [0.15, 0.2) is 67.3 Å². The van der Waals surface area contributed by atoms with E-state index in [4.69, 9.17) is 4.74 Å². The number of fused-ring (bicyclic) bond motifs is 2. The smallest absolute Gasteiger partial charge is 0.233 e. The van der Waals surface area contributed by atoms with Crippen molar-refractivity contribution in [3.05, 3.63) is 78.6 Å². The molecule has 0 unspecified atom stereocenters. The van der Waals surface area contributed by atoms with E-state index in [9.17, 15) is 4.39 Å². The molecule has 0 fully saturated rings. The summed E-state index contributed by atoms with van der Waals surface area (Å²) in [7, 11) is 0. The Labute approximate surface area is 159 Å². The second-order valence-corrected chi connectivity index (χ2v) is 6.34. The largest absolute Gasteiger partial charge is 0.436 e. The molecule has 136 valence electrons. The summed E-state index contributed by atoms with van der Waals surface area (Å²) >= 11 is 0. The van der Waals surface area contributed by atoms with Crippen LogP contribution in [0.4, 0.5) is 4.39 Å². The van der Waals surface area contributed by atoms with Crippen molar-refractivity contribution in [3.8, 4) is 17.3 Å². The molecule has 0 bridgehead atoms. The molecule has 0 aliphatic rings. The summed E-state index contributed by atoms with van der Waals surface area (Å²) < 4.78 is 21.0. The van der Waals surface area contributed by atoms with Gasteiger partial charge in [-0.2, -0.15) is 5.10 Å². The lowest BCUT2D eigenvalue weighted by Gasteiger charge is -2.11. The second kappa shape index (κ2) is 6.38. The lowest BCUT2D eigenvalue weighted by Crippen LogP contribution is -1.99. The molecule has 6 nitrogen and oxygen atoms in total. The number of rotatable bonds is 3. The number of halogens is 1. The van der Waals surface area contributed by atoms with Gasteiger partial charge in [0.1, 0.15) is 23.0 Å². The first-order chi connectivity index (χ1) is 13.7. The molecule has 0 amide bonds. The van der Waals surface area contributed by atoms with E-state index in [1.54, 1.807) is 29.2 Å². The van der Waals surface area contributed by atoms with Gasteiger partial charge in [-0.25, -0.2) is 19.0 Å². The van der Waals surface area contributed by atoms with Crippen LogP contribution < -0.4 is 4.74 Å². The summed E-state index contributed by atoms with van der Waals surface area (Å²) in [5.74, 6) is 0.727. The molecule has 0 spiro atoms. The van der Waals surface area contributed by atoms with E-state index in [1.807, 2.05) is 31.2 Å². The first-order valence-corrected chi connectivity index (χ1v) is 8.67. The highest BCUT2D eigenvalue weighted by Crippen LogP contribution is 2.34. The molecule has 0 saturated heterocycles. The molecule has 0 atom stereocenters. The van der Waals surface area contributed by atoms with Gasteiger partial charge in [0.05, 0.1) is 11.9 Å². The summed E-state index contributed by atoms with van der Waals surface area (Å²) in [5, 5.41) is 6.01. The Morgan fingerprint density at radius 1 is 0.964 bits per heavy atom. The van der Waals surface area contributed by atoms with Crippen LogP contribution in [0.2, 0.25) is 0 Å². The van der Waals surface area contributed by atoms with Gasteiger partial charge < -0.3 is 4.74 Å². The number of pyridine rings is 1. The van der Waals surface area contributed by atoms with E-state index in [2.05, 4.69) is 20.1 Å². The van der Waals surface area contributed by atoms with Gasteiger partial charge in [-0.3, -0.25) is 4.98 Å². The minimum absolute atomic E-state index is 0.308. The predicted octanol–water partition coefficient (Wildman–Crippen LogP) is 4.60. The lowest BCUT2D eigenvalue weighted by atomic mass is 10.1. The fourth-order valence-electron chi connectivity index (χ4n) is 3.12. The summed E-state index contributed by atoms with van der Waals surface area (Å²) in [6.45, 7) is 1.96. The number of benzene rings is 2. The third-order valence-corrected chi connectivity index (χ3v) is 4.52. The Bertz CT molecular complexity index is 1310. The van der Waals surface area contributed by atoms with Crippen LogP contribution in [-0.2, 0) is 0 Å². The van der Waals surface area contributed by atoms with Gasteiger partial charge in [-0.1, -0.05) is 18.2 Å². The number of hydrogen-bond donors (Lipinski definition) is 0. The number of nitrogens with zero attached hydrogens (tertiary/aromatic N) is 5. The minimum atomic E-state index is -0.308. The Balaban J connectivity index is 1.64.